The quantitative estimate of drug-likeness (QED) is 0.821. The molecule has 0 spiro atoms. The van der Waals surface area contributed by atoms with Gasteiger partial charge in [0.25, 0.3) is 0 Å². The number of carboxylic acid groups (broad SMARTS) is 1. The number of hydrogen-bond donors (Lipinski definition) is 2. The van der Waals surface area contributed by atoms with Gasteiger partial charge in [0.2, 0.25) is 0 Å². The molecule has 1 aromatic rings. The summed E-state index contributed by atoms with van der Waals surface area (Å²) in [5.74, 6) is -0.815. The molecule has 0 unspecified atom stereocenters. The van der Waals surface area contributed by atoms with Gasteiger partial charge in [0.05, 0.1) is 6.54 Å². The number of carbonyl (C=O) groups is 2. The standard InChI is InChI=1S/C19H28N4O3/c24-18(25)15-22-10-12-23(13-11-22)19(26)20-17-6-8-21(9-7-17)14-16-4-2-1-3-5-16/h1-5,17H,6-15H2,(H,20,26)(H,24,25). The zero-order valence-electron chi connectivity index (χ0n) is 15.1. The van der Waals surface area contributed by atoms with Crippen molar-refractivity contribution in [3.05, 3.63) is 35.9 Å². The molecule has 3 rings (SSSR count). The van der Waals surface area contributed by atoms with Crippen LogP contribution in [0, 0.1) is 0 Å². The van der Waals surface area contributed by atoms with Crippen molar-refractivity contribution in [2.45, 2.75) is 25.4 Å². The van der Waals surface area contributed by atoms with Gasteiger partial charge < -0.3 is 15.3 Å². The lowest BCUT2D eigenvalue weighted by atomic mass is 10.0. The minimum absolute atomic E-state index is 0.0125. The van der Waals surface area contributed by atoms with Crippen molar-refractivity contribution in [1.29, 1.82) is 0 Å². The minimum atomic E-state index is -0.815. The molecule has 142 valence electrons. The largest absolute Gasteiger partial charge is 0.480 e. The van der Waals surface area contributed by atoms with Crippen LogP contribution in [0.3, 0.4) is 0 Å². The Morgan fingerprint density at radius 2 is 1.62 bits per heavy atom. The number of carboxylic acids is 1. The zero-order valence-corrected chi connectivity index (χ0v) is 15.1. The number of piperazine rings is 1. The van der Waals surface area contributed by atoms with Crippen LogP contribution in [0.4, 0.5) is 4.79 Å². The van der Waals surface area contributed by atoms with Crippen LogP contribution >= 0.6 is 0 Å². The molecule has 1 aromatic carbocycles. The second-order valence-electron chi connectivity index (χ2n) is 7.14. The summed E-state index contributed by atoms with van der Waals surface area (Å²) < 4.78 is 0. The second-order valence-corrected chi connectivity index (χ2v) is 7.14. The third-order valence-corrected chi connectivity index (χ3v) is 5.18. The number of nitrogens with zero attached hydrogens (tertiary/aromatic N) is 3. The molecule has 0 radical (unpaired) electrons. The summed E-state index contributed by atoms with van der Waals surface area (Å²) in [6.45, 7) is 5.42. The smallest absolute Gasteiger partial charge is 0.317 e. The van der Waals surface area contributed by atoms with Gasteiger partial charge in [0, 0.05) is 51.9 Å². The van der Waals surface area contributed by atoms with Crippen molar-refractivity contribution in [3.8, 4) is 0 Å². The number of benzene rings is 1. The van der Waals surface area contributed by atoms with Gasteiger partial charge >= 0.3 is 12.0 Å². The Bertz CT molecular complexity index is 594. The fourth-order valence-electron chi connectivity index (χ4n) is 3.64. The molecule has 2 heterocycles. The molecule has 0 aromatic heterocycles. The van der Waals surface area contributed by atoms with E-state index in [9.17, 15) is 9.59 Å². The van der Waals surface area contributed by atoms with Crippen molar-refractivity contribution < 1.29 is 14.7 Å². The topological polar surface area (TPSA) is 76.1 Å². The maximum absolute atomic E-state index is 12.4. The molecule has 2 saturated heterocycles. The number of nitrogens with one attached hydrogen (secondary N) is 1. The summed E-state index contributed by atoms with van der Waals surface area (Å²) >= 11 is 0. The summed E-state index contributed by atoms with van der Waals surface area (Å²) in [6.07, 6.45) is 1.94. The van der Waals surface area contributed by atoms with Crippen LogP contribution in [-0.4, -0.2) is 83.7 Å². The van der Waals surface area contributed by atoms with E-state index in [1.165, 1.54) is 5.56 Å². The Balaban J connectivity index is 1.36. The third kappa shape index (κ3) is 5.44. The lowest BCUT2D eigenvalue weighted by Crippen LogP contribution is -2.55. The van der Waals surface area contributed by atoms with Gasteiger partial charge in [-0.15, -0.1) is 0 Å². The minimum Gasteiger partial charge on any atom is -0.480 e. The number of amides is 2. The first-order chi connectivity index (χ1) is 12.6. The van der Waals surface area contributed by atoms with Gasteiger partial charge in [-0.3, -0.25) is 14.6 Å². The van der Waals surface area contributed by atoms with Gasteiger partial charge in [-0.2, -0.15) is 0 Å². The fourth-order valence-corrected chi connectivity index (χ4v) is 3.64. The van der Waals surface area contributed by atoms with E-state index in [4.69, 9.17) is 5.11 Å². The monoisotopic (exact) mass is 360 g/mol. The maximum Gasteiger partial charge on any atom is 0.317 e. The van der Waals surface area contributed by atoms with Crippen LogP contribution in [0.1, 0.15) is 18.4 Å². The predicted octanol–water partition coefficient (Wildman–Crippen LogP) is 1.06. The molecule has 2 aliphatic rings. The Kier molecular flexibility index (Phi) is 6.46. The normalized spacial score (nSPS) is 20.1. The van der Waals surface area contributed by atoms with Crippen molar-refractivity contribution in [1.82, 2.24) is 20.0 Å². The number of hydrogen-bond acceptors (Lipinski definition) is 4. The number of piperidine rings is 1. The Morgan fingerprint density at radius 1 is 0.962 bits per heavy atom. The van der Waals surface area contributed by atoms with Crippen molar-refractivity contribution in [3.63, 3.8) is 0 Å². The van der Waals surface area contributed by atoms with Gasteiger partial charge in [0.15, 0.2) is 0 Å². The van der Waals surface area contributed by atoms with Gasteiger partial charge in [-0.05, 0) is 18.4 Å². The first-order valence-corrected chi connectivity index (χ1v) is 9.36. The van der Waals surface area contributed by atoms with Crippen LogP contribution in [0.15, 0.2) is 30.3 Å². The molecule has 26 heavy (non-hydrogen) atoms. The number of likely N-dealkylation sites (tertiary alicyclic amines) is 1. The summed E-state index contributed by atoms with van der Waals surface area (Å²) in [6, 6.07) is 10.7. The molecule has 2 N–H and O–H groups in total. The Labute approximate surface area is 154 Å². The first kappa shape index (κ1) is 18.7. The molecule has 7 nitrogen and oxygen atoms in total. The van der Waals surface area contributed by atoms with Crippen molar-refractivity contribution in [2.75, 3.05) is 45.8 Å². The molecule has 0 bridgehead atoms. The molecule has 7 heteroatoms. The molecular weight excluding hydrogens is 332 g/mol. The second kappa shape index (κ2) is 9.00. The van der Waals surface area contributed by atoms with E-state index in [-0.39, 0.29) is 18.6 Å². The number of urea groups is 1. The van der Waals surface area contributed by atoms with E-state index >= 15 is 0 Å². The molecule has 2 aliphatic heterocycles. The highest BCUT2D eigenvalue weighted by Gasteiger charge is 2.26. The van der Waals surface area contributed by atoms with Crippen LogP contribution < -0.4 is 5.32 Å². The summed E-state index contributed by atoms with van der Waals surface area (Å²) in [5, 5.41) is 12.0. The van der Waals surface area contributed by atoms with E-state index in [0.717, 1.165) is 32.5 Å². The van der Waals surface area contributed by atoms with Crippen LogP contribution in [0.25, 0.3) is 0 Å². The van der Waals surface area contributed by atoms with Crippen LogP contribution in [-0.2, 0) is 11.3 Å². The highest BCUT2D eigenvalue weighted by molar-refractivity contribution is 5.74. The SMILES string of the molecule is O=C(O)CN1CCN(C(=O)NC2CCN(Cc3ccccc3)CC2)CC1. The third-order valence-electron chi connectivity index (χ3n) is 5.18. The Hall–Kier alpha value is -2.12. The van der Waals surface area contributed by atoms with E-state index in [1.807, 2.05) is 11.0 Å². The first-order valence-electron chi connectivity index (χ1n) is 9.36. The van der Waals surface area contributed by atoms with Gasteiger partial charge in [0.1, 0.15) is 0 Å². The summed E-state index contributed by atoms with van der Waals surface area (Å²) in [7, 11) is 0. The predicted molar refractivity (Wildman–Crippen MR) is 98.9 cm³/mol. The van der Waals surface area contributed by atoms with Gasteiger partial charge in [-0.25, -0.2) is 4.79 Å². The van der Waals surface area contributed by atoms with Crippen LogP contribution in [0.5, 0.6) is 0 Å². The molecule has 0 atom stereocenters. The maximum atomic E-state index is 12.4. The lowest BCUT2D eigenvalue weighted by molar-refractivity contribution is -0.138. The van der Waals surface area contributed by atoms with E-state index < -0.39 is 5.97 Å². The highest BCUT2D eigenvalue weighted by atomic mass is 16.4. The average molecular weight is 360 g/mol. The molecular formula is C19H28N4O3. The lowest BCUT2D eigenvalue weighted by Gasteiger charge is -2.36. The molecule has 2 amide bonds. The molecule has 0 aliphatic carbocycles. The average Bonchev–Trinajstić information content (AvgIpc) is 2.64. The molecule has 0 saturated carbocycles. The summed E-state index contributed by atoms with van der Waals surface area (Å²) in [5.41, 5.74) is 1.33. The van der Waals surface area contributed by atoms with E-state index in [0.29, 0.717) is 26.2 Å². The van der Waals surface area contributed by atoms with E-state index in [2.05, 4.69) is 34.5 Å². The van der Waals surface area contributed by atoms with Crippen LogP contribution in [0.2, 0.25) is 0 Å². The zero-order chi connectivity index (χ0) is 18.4. The number of aliphatic carboxylic acids is 1. The Morgan fingerprint density at radius 3 is 2.23 bits per heavy atom. The summed E-state index contributed by atoms with van der Waals surface area (Å²) in [4.78, 5) is 29.3. The van der Waals surface area contributed by atoms with Gasteiger partial charge in [-0.1, -0.05) is 30.3 Å². The highest BCUT2D eigenvalue weighted by Crippen LogP contribution is 2.14. The fraction of sp³-hybridized carbons (Fsp3) is 0.579. The number of rotatable bonds is 5. The number of carbonyl (C=O) groups excluding carboxylic acids is 1. The van der Waals surface area contributed by atoms with Crippen molar-refractivity contribution >= 4 is 12.0 Å². The molecule has 2 fully saturated rings. The van der Waals surface area contributed by atoms with Crippen molar-refractivity contribution in [2.24, 2.45) is 0 Å². The van der Waals surface area contributed by atoms with E-state index in [1.54, 1.807) is 4.90 Å².